The van der Waals surface area contributed by atoms with Crippen molar-refractivity contribution in [2.24, 2.45) is 0 Å². The number of alkyl halides is 3. The molecule has 0 saturated heterocycles. The van der Waals surface area contributed by atoms with Crippen molar-refractivity contribution in [2.75, 3.05) is 5.73 Å². The molecule has 0 aliphatic heterocycles. The van der Waals surface area contributed by atoms with Crippen molar-refractivity contribution in [1.29, 1.82) is 0 Å². The number of hydrogen-bond acceptors (Lipinski definition) is 2. The lowest BCUT2D eigenvalue weighted by Crippen LogP contribution is -2.01. The molecule has 0 spiro atoms. The summed E-state index contributed by atoms with van der Waals surface area (Å²) in [6.45, 7) is -1.02. The molecule has 0 radical (unpaired) electrons. The second-order valence-corrected chi connectivity index (χ2v) is 2.19. The van der Waals surface area contributed by atoms with Crippen LogP contribution in [0.5, 0.6) is 0 Å². The highest BCUT2D eigenvalue weighted by Gasteiger charge is 2.16. The molecule has 0 atom stereocenters. The summed E-state index contributed by atoms with van der Waals surface area (Å²) in [5.41, 5.74) is 4.31. The second kappa shape index (κ2) is 3.42. The lowest BCUT2D eigenvalue weighted by atomic mass is 10.2. The Bertz CT molecular complexity index is 275. The van der Waals surface area contributed by atoms with Crippen molar-refractivity contribution in [1.82, 2.24) is 4.98 Å². The number of aromatic nitrogens is 1. The highest BCUT2D eigenvalue weighted by molar-refractivity contribution is 5.48. The molecule has 66 valence electrons. The van der Waals surface area contributed by atoms with Crippen molar-refractivity contribution < 1.29 is 13.2 Å². The molecule has 0 aliphatic rings. The van der Waals surface area contributed by atoms with Crippen LogP contribution in [0.25, 0.3) is 0 Å². The number of rotatable bonds is 2. The van der Waals surface area contributed by atoms with Crippen LogP contribution in [0.2, 0.25) is 0 Å². The van der Waals surface area contributed by atoms with Gasteiger partial charge in [0, 0.05) is 11.9 Å². The number of nitrogens with zero attached hydrogens (tertiary/aromatic N) is 1. The van der Waals surface area contributed by atoms with Gasteiger partial charge in [-0.15, -0.1) is 0 Å². The van der Waals surface area contributed by atoms with E-state index in [0.717, 1.165) is 0 Å². The van der Waals surface area contributed by atoms with Gasteiger partial charge in [-0.2, -0.15) is 0 Å². The molecular formula is C7H7F3N2. The lowest BCUT2D eigenvalue weighted by Gasteiger charge is -2.06. The molecule has 0 saturated carbocycles. The predicted octanol–water partition coefficient (Wildman–Crippen LogP) is 2.07. The molecule has 0 amide bonds. The van der Waals surface area contributed by atoms with Crippen LogP contribution in [0.1, 0.15) is 17.7 Å². The maximum Gasteiger partial charge on any atom is 0.267 e. The summed E-state index contributed by atoms with van der Waals surface area (Å²) in [5, 5.41) is 0. The van der Waals surface area contributed by atoms with Gasteiger partial charge in [0.15, 0.2) is 0 Å². The summed E-state index contributed by atoms with van der Waals surface area (Å²) in [7, 11) is 0. The standard InChI is InChI=1S/C7H7F3N2/c8-3-5-6(7(9)10)4(11)1-2-12-5/h1-2,7H,3H2,(H2,11,12). The highest BCUT2D eigenvalue weighted by Crippen LogP contribution is 2.27. The van der Waals surface area contributed by atoms with Gasteiger partial charge in [0.05, 0.1) is 11.3 Å². The fraction of sp³-hybridized carbons (Fsp3) is 0.286. The van der Waals surface area contributed by atoms with Gasteiger partial charge in [-0.1, -0.05) is 0 Å². The third-order valence-electron chi connectivity index (χ3n) is 1.45. The normalized spacial score (nSPS) is 10.7. The van der Waals surface area contributed by atoms with Gasteiger partial charge in [-0.05, 0) is 6.07 Å². The minimum Gasteiger partial charge on any atom is -0.398 e. The molecule has 1 heterocycles. The molecule has 1 aromatic rings. The van der Waals surface area contributed by atoms with Crippen LogP contribution in [0.15, 0.2) is 12.3 Å². The number of hydrogen-bond donors (Lipinski definition) is 1. The van der Waals surface area contributed by atoms with Crippen LogP contribution in [-0.4, -0.2) is 4.98 Å². The molecule has 2 nitrogen and oxygen atoms in total. The minimum absolute atomic E-state index is 0.118. The van der Waals surface area contributed by atoms with Crippen molar-refractivity contribution in [2.45, 2.75) is 13.1 Å². The molecule has 0 aromatic carbocycles. The smallest absolute Gasteiger partial charge is 0.267 e. The quantitative estimate of drug-likeness (QED) is 0.749. The molecule has 1 rings (SSSR count). The molecule has 2 N–H and O–H groups in total. The third-order valence-corrected chi connectivity index (χ3v) is 1.45. The molecular weight excluding hydrogens is 169 g/mol. The Labute approximate surface area is 67.2 Å². The van der Waals surface area contributed by atoms with E-state index in [9.17, 15) is 13.2 Å². The Kier molecular flexibility index (Phi) is 2.52. The van der Waals surface area contributed by atoms with E-state index in [2.05, 4.69) is 4.98 Å². The predicted molar refractivity (Wildman–Crippen MR) is 38.4 cm³/mol. The number of nitrogens with two attached hydrogens (primary N) is 1. The Morgan fingerprint density at radius 2 is 2.17 bits per heavy atom. The number of anilines is 1. The number of nitrogen functional groups attached to an aromatic ring is 1. The van der Waals surface area contributed by atoms with Crippen molar-refractivity contribution in [3.8, 4) is 0 Å². The minimum atomic E-state index is -2.77. The van der Waals surface area contributed by atoms with Gasteiger partial charge in [-0.25, -0.2) is 13.2 Å². The van der Waals surface area contributed by atoms with Crippen molar-refractivity contribution in [3.63, 3.8) is 0 Å². The fourth-order valence-electron chi connectivity index (χ4n) is 0.892. The molecule has 0 aliphatic carbocycles. The molecule has 1 aromatic heterocycles. The van der Waals surface area contributed by atoms with E-state index in [1.807, 2.05) is 0 Å². The summed E-state index contributed by atoms with van der Waals surface area (Å²) in [6.07, 6.45) is -1.57. The van der Waals surface area contributed by atoms with E-state index < -0.39 is 18.7 Å². The molecule has 5 heteroatoms. The van der Waals surface area contributed by atoms with E-state index in [0.29, 0.717) is 0 Å². The van der Waals surface area contributed by atoms with Crippen LogP contribution in [0.4, 0.5) is 18.9 Å². The first kappa shape index (κ1) is 8.83. The van der Waals surface area contributed by atoms with Gasteiger partial charge in [0.2, 0.25) is 0 Å². The van der Waals surface area contributed by atoms with E-state index in [1.54, 1.807) is 0 Å². The molecule has 0 bridgehead atoms. The third kappa shape index (κ3) is 1.49. The Balaban J connectivity index is 3.20. The highest BCUT2D eigenvalue weighted by atomic mass is 19.3. The van der Waals surface area contributed by atoms with E-state index in [-0.39, 0.29) is 11.4 Å². The van der Waals surface area contributed by atoms with E-state index in [1.165, 1.54) is 12.3 Å². The Morgan fingerprint density at radius 1 is 1.50 bits per heavy atom. The number of pyridine rings is 1. The summed E-state index contributed by atoms with van der Waals surface area (Å²) < 4.78 is 36.5. The molecule has 0 unspecified atom stereocenters. The average molecular weight is 176 g/mol. The summed E-state index contributed by atoms with van der Waals surface area (Å²) in [5.74, 6) is 0. The second-order valence-electron chi connectivity index (χ2n) is 2.19. The van der Waals surface area contributed by atoms with Crippen LogP contribution in [-0.2, 0) is 6.67 Å². The SMILES string of the molecule is Nc1ccnc(CF)c1C(F)F. The van der Waals surface area contributed by atoms with Gasteiger partial charge in [-0.3, -0.25) is 4.98 Å². The van der Waals surface area contributed by atoms with Crippen molar-refractivity contribution in [3.05, 3.63) is 23.5 Å². The summed E-state index contributed by atoms with van der Waals surface area (Å²) in [4.78, 5) is 3.44. The first-order chi connectivity index (χ1) is 5.66. The van der Waals surface area contributed by atoms with E-state index in [4.69, 9.17) is 5.73 Å². The topological polar surface area (TPSA) is 38.9 Å². The van der Waals surface area contributed by atoms with Crippen LogP contribution in [0, 0.1) is 0 Å². The van der Waals surface area contributed by atoms with Crippen LogP contribution >= 0.6 is 0 Å². The molecule has 0 fully saturated rings. The van der Waals surface area contributed by atoms with Crippen molar-refractivity contribution >= 4 is 5.69 Å². The zero-order valence-corrected chi connectivity index (χ0v) is 6.10. The van der Waals surface area contributed by atoms with Gasteiger partial charge < -0.3 is 5.73 Å². The average Bonchev–Trinajstić information content (AvgIpc) is 2.03. The van der Waals surface area contributed by atoms with Gasteiger partial charge >= 0.3 is 0 Å². The Hall–Kier alpha value is -1.26. The maximum absolute atomic E-state index is 12.2. The zero-order chi connectivity index (χ0) is 9.14. The maximum atomic E-state index is 12.2. The Morgan fingerprint density at radius 3 is 2.58 bits per heavy atom. The zero-order valence-electron chi connectivity index (χ0n) is 6.10. The first-order valence-corrected chi connectivity index (χ1v) is 3.24. The van der Waals surface area contributed by atoms with Gasteiger partial charge in [0.1, 0.15) is 6.67 Å². The van der Waals surface area contributed by atoms with Crippen LogP contribution < -0.4 is 5.73 Å². The first-order valence-electron chi connectivity index (χ1n) is 3.24. The fourth-order valence-corrected chi connectivity index (χ4v) is 0.892. The largest absolute Gasteiger partial charge is 0.398 e. The van der Waals surface area contributed by atoms with Crippen LogP contribution in [0.3, 0.4) is 0 Å². The summed E-state index contributed by atoms with van der Waals surface area (Å²) >= 11 is 0. The van der Waals surface area contributed by atoms with Gasteiger partial charge in [0.25, 0.3) is 6.43 Å². The monoisotopic (exact) mass is 176 g/mol. The molecule has 12 heavy (non-hydrogen) atoms. The lowest BCUT2D eigenvalue weighted by molar-refractivity contribution is 0.149. The summed E-state index contributed by atoms with van der Waals surface area (Å²) in [6, 6.07) is 1.22. The number of halogens is 3. The van der Waals surface area contributed by atoms with E-state index >= 15 is 0 Å².